The maximum absolute atomic E-state index is 12.4. The van der Waals surface area contributed by atoms with Gasteiger partial charge in [0, 0.05) is 11.8 Å². The average molecular weight is 401 g/mol. The molecule has 1 heterocycles. The first-order valence-electron chi connectivity index (χ1n) is 8.73. The Labute approximate surface area is 168 Å². The Morgan fingerprint density at radius 1 is 1.18 bits per heavy atom. The van der Waals surface area contributed by atoms with Gasteiger partial charge in [-0.2, -0.15) is 11.8 Å². The number of rotatable bonds is 9. The molecule has 0 fully saturated rings. The van der Waals surface area contributed by atoms with Crippen LogP contribution in [-0.4, -0.2) is 47.4 Å². The predicted octanol–water partition coefficient (Wildman–Crippen LogP) is 2.42. The molecule has 1 atom stereocenters. The van der Waals surface area contributed by atoms with E-state index in [4.69, 9.17) is 4.74 Å². The Balaban J connectivity index is 1.90. The zero-order valence-corrected chi connectivity index (χ0v) is 16.6. The second kappa shape index (κ2) is 11.1. The third-order valence-corrected chi connectivity index (χ3v) is 4.41. The SMILES string of the molecule is CSCC[C@@H](NC(=O)c1ccccc1)C(=O)OCC(=O)Nc1cc(C)ccn1. The molecule has 0 bridgehead atoms. The zero-order valence-electron chi connectivity index (χ0n) is 15.8. The van der Waals surface area contributed by atoms with Crippen LogP contribution in [0.15, 0.2) is 48.7 Å². The maximum atomic E-state index is 12.4. The summed E-state index contributed by atoms with van der Waals surface area (Å²) in [6, 6.07) is 11.3. The standard InChI is InChI=1S/C20H23N3O4S/c1-14-8-10-21-17(12-14)23-18(24)13-27-20(26)16(9-11-28-2)22-19(25)15-6-4-3-5-7-15/h3-8,10,12,16H,9,11,13H2,1-2H3,(H,22,25)(H,21,23,24)/t16-/m1/s1. The number of aromatic nitrogens is 1. The first-order valence-corrected chi connectivity index (χ1v) is 10.1. The first kappa shape index (κ1) is 21.4. The summed E-state index contributed by atoms with van der Waals surface area (Å²) in [4.78, 5) is 40.7. The highest BCUT2D eigenvalue weighted by Crippen LogP contribution is 2.07. The summed E-state index contributed by atoms with van der Waals surface area (Å²) in [5.41, 5.74) is 1.40. The van der Waals surface area contributed by atoms with Crippen molar-refractivity contribution in [3.63, 3.8) is 0 Å². The summed E-state index contributed by atoms with van der Waals surface area (Å²) in [6.07, 6.45) is 3.89. The minimum Gasteiger partial charge on any atom is -0.454 e. The normalized spacial score (nSPS) is 11.4. The smallest absolute Gasteiger partial charge is 0.329 e. The highest BCUT2D eigenvalue weighted by Gasteiger charge is 2.23. The molecule has 0 unspecified atom stereocenters. The van der Waals surface area contributed by atoms with E-state index in [-0.39, 0.29) is 5.91 Å². The number of anilines is 1. The highest BCUT2D eigenvalue weighted by atomic mass is 32.2. The van der Waals surface area contributed by atoms with Crippen LogP contribution in [0, 0.1) is 6.92 Å². The van der Waals surface area contributed by atoms with Crippen LogP contribution in [0.25, 0.3) is 0 Å². The molecule has 148 valence electrons. The van der Waals surface area contributed by atoms with Gasteiger partial charge in [-0.3, -0.25) is 9.59 Å². The second-order valence-electron chi connectivity index (χ2n) is 6.05. The maximum Gasteiger partial charge on any atom is 0.329 e. The second-order valence-corrected chi connectivity index (χ2v) is 7.03. The van der Waals surface area contributed by atoms with Crippen molar-refractivity contribution >= 4 is 35.4 Å². The summed E-state index contributed by atoms with van der Waals surface area (Å²) in [5.74, 6) is -0.460. The van der Waals surface area contributed by atoms with Crippen molar-refractivity contribution in [3.8, 4) is 0 Å². The van der Waals surface area contributed by atoms with E-state index in [0.717, 1.165) is 5.56 Å². The van der Waals surface area contributed by atoms with Crippen molar-refractivity contribution in [2.75, 3.05) is 23.9 Å². The highest BCUT2D eigenvalue weighted by molar-refractivity contribution is 7.98. The molecule has 0 radical (unpaired) electrons. The molecule has 2 N–H and O–H groups in total. The van der Waals surface area contributed by atoms with E-state index in [9.17, 15) is 14.4 Å². The van der Waals surface area contributed by atoms with Gasteiger partial charge in [0.2, 0.25) is 0 Å². The van der Waals surface area contributed by atoms with E-state index in [0.29, 0.717) is 23.6 Å². The number of nitrogens with zero attached hydrogens (tertiary/aromatic N) is 1. The lowest BCUT2D eigenvalue weighted by Gasteiger charge is -2.17. The lowest BCUT2D eigenvalue weighted by Crippen LogP contribution is -2.43. The molecule has 0 aliphatic heterocycles. The molecular formula is C20H23N3O4S. The summed E-state index contributed by atoms with van der Waals surface area (Å²) < 4.78 is 5.10. The number of amides is 2. The fourth-order valence-electron chi connectivity index (χ4n) is 2.34. The number of carbonyl (C=O) groups excluding carboxylic acids is 3. The Morgan fingerprint density at radius 3 is 2.61 bits per heavy atom. The number of benzene rings is 1. The molecule has 7 nitrogen and oxygen atoms in total. The van der Waals surface area contributed by atoms with Crippen LogP contribution in [-0.2, 0) is 14.3 Å². The van der Waals surface area contributed by atoms with Gasteiger partial charge in [-0.05, 0) is 55.2 Å². The molecule has 0 aliphatic carbocycles. The molecule has 2 aromatic rings. The molecule has 0 aliphatic rings. The third-order valence-electron chi connectivity index (χ3n) is 3.76. The van der Waals surface area contributed by atoms with Crippen LogP contribution in [0.1, 0.15) is 22.3 Å². The monoisotopic (exact) mass is 401 g/mol. The molecule has 0 spiro atoms. The number of ether oxygens (including phenoxy) is 1. The van der Waals surface area contributed by atoms with Gasteiger partial charge >= 0.3 is 5.97 Å². The van der Waals surface area contributed by atoms with Crippen molar-refractivity contribution < 1.29 is 19.1 Å². The van der Waals surface area contributed by atoms with Crippen LogP contribution in [0.5, 0.6) is 0 Å². The molecule has 2 amide bonds. The fraction of sp³-hybridized carbons (Fsp3) is 0.300. The molecule has 1 aromatic carbocycles. The Morgan fingerprint density at radius 2 is 1.93 bits per heavy atom. The van der Waals surface area contributed by atoms with Crippen LogP contribution in [0.3, 0.4) is 0 Å². The molecule has 1 aromatic heterocycles. The zero-order chi connectivity index (χ0) is 20.4. The van der Waals surface area contributed by atoms with E-state index in [1.807, 2.05) is 13.2 Å². The predicted molar refractivity (Wildman–Crippen MR) is 109 cm³/mol. The topological polar surface area (TPSA) is 97.4 Å². The Kier molecular flexibility index (Phi) is 8.48. The van der Waals surface area contributed by atoms with Crippen LogP contribution in [0.4, 0.5) is 5.82 Å². The first-order chi connectivity index (χ1) is 13.5. The molecular weight excluding hydrogens is 378 g/mol. The quantitative estimate of drug-likeness (QED) is 0.627. The number of hydrogen-bond acceptors (Lipinski definition) is 6. The van der Waals surface area contributed by atoms with Crippen LogP contribution in [0.2, 0.25) is 0 Å². The average Bonchev–Trinajstić information content (AvgIpc) is 2.69. The van der Waals surface area contributed by atoms with E-state index in [1.54, 1.807) is 60.4 Å². The number of pyridine rings is 1. The van der Waals surface area contributed by atoms with Gasteiger partial charge in [-0.1, -0.05) is 18.2 Å². The molecule has 28 heavy (non-hydrogen) atoms. The molecule has 2 rings (SSSR count). The van der Waals surface area contributed by atoms with Crippen molar-refractivity contribution in [2.45, 2.75) is 19.4 Å². The number of nitrogens with one attached hydrogen (secondary N) is 2. The number of thioether (sulfide) groups is 1. The van der Waals surface area contributed by atoms with Gasteiger partial charge in [-0.25, -0.2) is 9.78 Å². The van der Waals surface area contributed by atoms with Gasteiger partial charge < -0.3 is 15.4 Å². The number of aryl methyl sites for hydroxylation is 1. The van der Waals surface area contributed by atoms with E-state index in [2.05, 4.69) is 15.6 Å². The van der Waals surface area contributed by atoms with Crippen LogP contribution >= 0.6 is 11.8 Å². The van der Waals surface area contributed by atoms with Gasteiger partial charge in [0.05, 0.1) is 0 Å². The largest absolute Gasteiger partial charge is 0.454 e. The minimum absolute atomic E-state index is 0.364. The van der Waals surface area contributed by atoms with Gasteiger partial charge in [0.15, 0.2) is 6.61 Å². The van der Waals surface area contributed by atoms with Crippen molar-refractivity contribution in [1.82, 2.24) is 10.3 Å². The van der Waals surface area contributed by atoms with Gasteiger partial charge in [-0.15, -0.1) is 0 Å². The number of hydrogen-bond donors (Lipinski definition) is 2. The number of carbonyl (C=O) groups is 3. The number of esters is 1. The summed E-state index contributed by atoms with van der Waals surface area (Å²) in [7, 11) is 0. The lowest BCUT2D eigenvalue weighted by atomic mass is 10.1. The molecule has 0 saturated carbocycles. The van der Waals surface area contributed by atoms with E-state index >= 15 is 0 Å². The lowest BCUT2D eigenvalue weighted by molar-refractivity contribution is -0.149. The Hall–Kier alpha value is -2.87. The van der Waals surface area contributed by atoms with Crippen molar-refractivity contribution in [2.24, 2.45) is 0 Å². The van der Waals surface area contributed by atoms with E-state index < -0.39 is 24.5 Å². The van der Waals surface area contributed by atoms with Crippen molar-refractivity contribution in [1.29, 1.82) is 0 Å². The molecule has 8 heteroatoms. The minimum atomic E-state index is -0.829. The summed E-state index contributed by atoms with van der Waals surface area (Å²) >= 11 is 1.55. The van der Waals surface area contributed by atoms with Crippen LogP contribution < -0.4 is 10.6 Å². The van der Waals surface area contributed by atoms with Gasteiger partial charge in [0.25, 0.3) is 11.8 Å². The Bertz CT molecular complexity index is 814. The van der Waals surface area contributed by atoms with E-state index in [1.165, 1.54) is 0 Å². The summed E-state index contributed by atoms with van der Waals surface area (Å²) in [6.45, 7) is 1.43. The molecule has 0 saturated heterocycles. The van der Waals surface area contributed by atoms with Crippen molar-refractivity contribution in [3.05, 3.63) is 59.8 Å². The summed E-state index contributed by atoms with van der Waals surface area (Å²) in [5, 5.41) is 5.25. The third kappa shape index (κ3) is 7.03. The van der Waals surface area contributed by atoms with Gasteiger partial charge in [0.1, 0.15) is 11.9 Å². The fourth-order valence-corrected chi connectivity index (χ4v) is 2.81.